The maximum absolute atomic E-state index is 13.5. The summed E-state index contributed by atoms with van der Waals surface area (Å²) in [5, 5.41) is 9.27. The fourth-order valence-electron chi connectivity index (χ4n) is 2.69. The zero-order chi connectivity index (χ0) is 19.6. The van der Waals surface area contributed by atoms with Gasteiger partial charge < -0.3 is 15.2 Å². The minimum atomic E-state index is -4.76. The van der Waals surface area contributed by atoms with Crippen molar-refractivity contribution in [1.82, 2.24) is 0 Å². The summed E-state index contributed by atoms with van der Waals surface area (Å²) >= 11 is 5.71. The number of ether oxygens (including phenoxy) is 2. The summed E-state index contributed by atoms with van der Waals surface area (Å²) < 4.78 is 50.7. The monoisotopic (exact) mass is 386 g/mol. The van der Waals surface area contributed by atoms with Gasteiger partial charge >= 0.3 is 12.1 Å². The molecule has 0 saturated carbocycles. The summed E-state index contributed by atoms with van der Waals surface area (Å²) in [6.45, 7) is 2.91. The van der Waals surface area contributed by atoms with Crippen molar-refractivity contribution < 1.29 is 27.4 Å². The standard InChI is InChI=1S/C17H14ClF3N2O3/c1-3-25-16(24)13-8(2)26-15(23)11(7-22)14(13)10-5-4-9(18)6-12(10)17(19,20)21/h4-6,14H,3,23H2,1-2H3. The molecule has 0 bridgehead atoms. The van der Waals surface area contributed by atoms with Gasteiger partial charge in [0, 0.05) is 5.02 Å². The van der Waals surface area contributed by atoms with Crippen LogP contribution in [-0.4, -0.2) is 12.6 Å². The van der Waals surface area contributed by atoms with E-state index in [1.165, 1.54) is 13.0 Å². The zero-order valence-electron chi connectivity index (χ0n) is 13.8. The summed E-state index contributed by atoms with van der Waals surface area (Å²) in [7, 11) is 0. The molecule has 1 aromatic rings. The van der Waals surface area contributed by atoms with Gasteiger partial charge in [-0.05, 0) is 31.5 Å². The highest BCUT2D eigenvalue weighted by atomic mass is 35.5. The van der Waals surface area contributed by atoms with E-state index in [2.05, 4.69) is 0 Å². The number of nitriles is 1. The van der Waals surface area contributed by atoms with Gasteiger partial charge in [0.1, 0.15) is 17.4 Å². The van der Waals surface area contributed by atoms with Crippen LogP contribution in [0.2, 0.25) is 5.02 Å². The van der Waals surface area contributed by atoms with Crippen molar-refractivity contribution in [2.75, 3.05) is 6.61 Å². The van der Waals surface area contributed by atoms with Gasteiger partial charge in [0.25, 0.3) is 0 Å². The molecule has 26 heavy (non-hydrogen) atoms. The molecule has 0 spiro atoms. The molecule has 0 saturated heterocycles. The van der Waals surface area contributed by atoms with E-state index in [0.717, 1.165) is 12.1 Å². The first-order valence-electron chi connectivity index (χ1n) is 7.43. The first-order chi connectivity index (χ1) is 12.1. The van der Waals surface area contributed by atoms with E-state index in [1.807, 2.05) is 0 Å². The Morgan fingerprint density at radius 2 is 2.12 bits per heavy atom. The second-order valence-electron chi connectivity index (χ2n) is 5.34. The lowest BCUT2D eigenvalue weighted by Crippen LogP contribution is -2.27. The summed E-state index contributed by atoms with van der Waals surface area (Å²) in [6, 6.07) is 4.81. The summed E-state index contributed by atoms with van der Waals surface area (Å²) in [5.74, 6) is -2.68. The molecular formula is C17H14ClF3N2O3. The molecule has 1 aromatic carbocycles. The minimum Gasteiger partial charge on any atom is -0.463 e. The molecule has 1 atom stereocenters. The highest BCUT2D eigenvalue weighted by Gasteiger charge is 2.42. The van der Waals surface area contributed by atoms with Crippen molar-refractivity contribution in [2.45, 2.75) is 25.9 Å². The fourth-order valence-corrected chi connectivity index (χ4v) is 2.86. The second kappa shape index (κ2) is 7.30. The fraction of sp³-hybridized carbons (Fsp3) is 0.294. The van der Waals surface area contributed by atoms with Crippen LogP contribution in [0.1, 0.15) is 30.9 Å². The average molecular weight is 387 g/mol. The Kier molecular flexibility index (Phi) is 5.52. The minimum absolute atomic E-state index is 0.00381. The molecule has 138 valence electrons. The Morgan fingerprint density at radius 3 is 2.65 bits per heavy atom. The molecule has 0 aromatic heterocycles. The zero-order valence-corrected chi connectivity index (χ0v) is 14.5. The van der Waals surface area contributed by atoms with E-state index in [-0.39, 0.29) is 40.0 Å². The summed E-state index contributed by atoms with van der Waals surface area (Å²) in [6.07, 6.45) is -4.76. The van der Waals surface area contributed by atoms with E-state index in [0.29, 0.717) is 0 Å². The predicted molar refractivity (Wildman–Crippen MR) is 86.4 cm³/mol. The highest BCUT2D eigenvalue weighted by molar-refractivity contribution is 6.30. The van der Waals surface area contributed by atoms with Crippen molar-refractivity contribution in [2.24, 2.45) is 5.73 Å². The smallest absolute Gasteiger partial charge is 0.416 e. The van der Waals surface area contributed by atoms with Crippen molar-refractivity contribution in [1.29, 1.82) is 5.26 Å². The lowest BCUT2D eigenvalue weighted by molar-refractivity contribution is -0.140. The molecule has 2 rings (SSSR count). The topological polar surface area (TPSA) is 85.3 Å². The quantitative estimate of drug-likeness (QED) is 0.793. The summed E-state index contributed by atoms with van der Waals surface area (Å²) in [5.41, 5.74) is 3.73. The number of hydrogen-bond acceptors (Lipinski definition) is 5. The number of carbonyl (C=O) groups is 1. The first-order valence-corrected chi connectivity index (χ1v) is 7.81. The predicted octanol–water partition coefficient (Wildman–Crippen LogP) is 4.00. The third-order valence-electron chi connectivity index (χ3n) is 3.73. The van der Waals surface area contributed by atoms with Crippen LogP contribution in [0.25, 0.3) is 0 Å². The van der Waals surface area contributed by atoms with Gasteiger partial charge in [-0.1, -0.05) is 17.7 Å². The Bertz CT molecular complexity index is 854. The van der Waals surface area contributed by atoms with Gasteiger partial charge in [0.05, 0.1) is 23.7 Å². The van der Waals surface area contributed by atoms with Crippen LogP contribution in [0.15, 0.2) is 41.0 Å². The van der Waals surface area contributed by atoms with Gasteiger partial charge in [-0.25, -0.2) is 4.79 Å². The van der Waals surface area contributed by atoms with Crippen LogP contribution in [0.5, 0.6) is 0 Å². The SMILES string of the molecule is CCOC(=O)C1=C(C)OC(N)=C(C#N)C1c1ccc(Cl)cc1C(F)(F)F. The van der Waals surface area contributed by atoms with Gasteiger partial charge in [-0.2, -0.15) is 18.4 Å². The van der Waals surface area contributed by atoms with Crippen LogP contribution in [0.3, 0.4) is 0 Å². The van der Waals surface area contributed by atoms with Gasteiger partial charge in [0.2, 0.25) is 5.88 Å². The molecule has 1 heterocycles. The maximum atomic E-state index is 13.5. The van der Waals surface area contributed by atoms with Crippen LogP contribution in [-0.2, 0) is 20.4 Å². The maximum Gasteiger partial charge on any atom is 0.416 e. The van der Waals surface area contributed by atoms with E-state index >= 15 is 0 Å². The molecule has 0 amide bonds. The number of hydrogen-bond donors (Lipinski definition) is 1. The number of nitrogens with two attached hydrogens (primary N) is 1. The molecule has 0 fully saturated rings. The molecule has 1 unspecified atom stereocenters. The molecular weight excluding hydrogens is 373 g/mol. The highest BCUT2D eigenvalue weighted by Crippen LogP contribution is 2.45. The van der Waals surface area contributed by atoms with Crippen molar-refractivity contribution in [3.63, 3.8) is 0 Å². The van der Waals surface area contributed by atoms with Crippen LogP contribution in [0, 0.1) is 11.3 Å². The third-order valence-corrected chi connectivity index (χ3v) is 3.97. The molecule has 9 heteroatoms. The molecule has 2 N–H and O–H groups in total. The van der Waals surface area contributed by atoms with Crippen molar-refractivity contribution in [3.8, 4) is 6.07 Å². The summed E-state index contributed by atoms with van der Waals surface area (Å²) in [4.78, 5) is 12.3. The molecule has 0 radical (unpaired) electrons. The van der Waals surface area contributed by atoms with Gasteiger partial charge in [0.15, 0.2) is 0 Å². The molecule has 1 aliphatic heterocycles. The third kappa shape index (κ3) is 3.63. The number of esters is 1. The van der Waals surface area contributed by atoms with Crippen LogP contribution < -0.4 is 5.73 Å². The Balaban J connectivity index is 2.79. The molecule has 0 aliphatic carbocycles. The number of halogens is 4. The van der Waals surface area contributed by atoms with E-state index in [1.54, 1.807) is 13.0 Å². The van der Waals surface area contributed by atoms with Crippen molar-refractivity contribution in [3.05, 3.63) is 57.1 Å². The van der Waals surface area contributed by atoms with Crippen molar-refractivity contribution >= 4 is 17.6 Å². The molecule has 5 nitrogen and oxygen atoms in total. The number of nitrogens with zero attached hydrogens (tertiary/aromatic N) is 1. The average Bonchev–Trinajstić information content (AvgIpc) is 2.53. The van der Waals surface area contributed by atoms with Crippen LogP contribution in [0.4, 0.5) is 13.2 Å². The number of benzene rings is 1. The number of rotatable bonds is 3. The number of allylic oxidation sites excluding steroid dienone is 2. The Hall–Kier alpha value is -2.66. The van der Waals surface area contributed by atoms with Gasteiger partial charge in [-0.3, -0.25) is 0 Å². The number of alkyl halides is 3. The lowest BCUT2D eigenvalue weighted by atomic mass is 9.81. The molecule has 1 aliphatic rings. The second-order valence-corrected chi connectivity index (χ2v) is 5.78. The lowest BCUT2D eigenvalue weighted by Gasteiger charge is -2.28. The van der Waals surface area contributed by atoms with Gasteiger partial charge in [-0.15, -0.1) is 0 Å². The Morgan fingerprint density at radius 1 is 1.46 bits per heavy atom. The van der Waals surface area contributed by atoms with E-state index in [9.17, 15) is 23.2 Å². The van der Waals surface area contributed by atoms with E-state index in [4.69, 9.17) is 26.8 Å². The largest absolute Gasteiger partial charge is 0.463 e. The first kappa shape index (κ1) is 19.7. The van der Waals surface area contributed by atoms with Crippen LogP contribution >= 0.6 is 11.6 Å². The normalized spacial score (nSPS) is 17.7. The Labute approximate surface area is 152 Å². The number of carbonyl (C=O) groups excluding carboxylic acids is 1. The van der Waals surface area contributed by atoms with E-state index < -0.39 is 23.6 Å².